The Morgan fingerprint density at radius 1 is 0.390 bits per heavy atom. The highest BCUT2D eigenvalue weighted by Gasteiger charge is 2.24. The van der Waals surface area contributed by atoms with Gasteiger partial charge in [0, 0.05) is 24.3 Å². The predicted octanol–water partition coefficient (Wildman–Crippen LogP) is 11.5. The molecule has 0 aliphatic carbocycles. The summed E-state index contributed by atoms with van der Waals surface area (Å²) < 4.78 is 74.3. The van der Waals surface area contributed by atoms with E-state index in [0.717, 1.165) is 64.2 Å². The lowest BCUT2D eigenvalue weighted by atomic mass is 10.1. The maximum atomic E-state index is 13.1. The molecule has 550 valence electrons. The van der Waals surface area contributed by atoms with E-state index in [4.69, 9.17) is 46.0 Å². The van der Waals surface area contributed by atoms with Gasteiger partial charge in [0.25, 0.3) is 23.6 Å². The van der Waals surface area contributed by atoms with Crippen molar-refractivity contribution in [1.82, 2.24) is 21.7 Å². The summed E-state index contributed by atoms with van der Waals surface area (Å²) in [5, 5.41) is 73.9. The zero-order valence-electron chi connectivity index (χ0n) is 55.9. The number of benzene rings is 10. The van der Waals surface area contributed by atoms with Crippen LogP contribution in [0.5, 0.6) is 46.0 Å². The van der Waals surface area contributed by atoms with Crippen LogP contribution < -0.4 is 52.3 Å². The molecule has 2 atom stereocenters. The number of carboxylic acids is 2. The molecule has 0 aliphatic heterocycles. The van der Waals surface area contributed by atoms with E-state index in [-0.39, 0.29) is 58.1 Å². The molecule has 28 heteroatoms. The minimum absolute atomic E-state index is 0. The van der Waals surface area contributed by atoms with Crippen molar-refractivity contribution in [2.24, 2.45) is 11.7 Å². The SMILES string of the molecule is C.Cc1cc(O)cc(O)c1C(=O)NN.Cc1cc(O)cc(O)c1C(=O)NNC(=O)C(O)c1ccc(F)c(F)c1.Cc1cc(OCc2ccccc2)cc(OCc2ccccc2)c1C(=O)NN.Cc1cc(OCc2ccccc2)cc(OCc2ccccc2)c1C(=O)O.O=C(O)C(O)c1ccc(F)c(F)c1. The number of aliphatic hydroxyl groups excluding tert-OH is 2. The Bertz CT molecular complexity index is 4560. The van der Waals surface area contributed by atoms with Crippen molar-refractivity contribution in [3.05, 3.63) is 307 Å². The summed E-state index contributed by atoms with van der Waals surface area (Å²) in [4.78, 5) is 68.9. The Kier molecular flexibility index (Phi) is 31.8. The topological polar surface area (TPSA) is 401 Å². The van der Waals surface area contributed by atoms with E-state index in [1.54, 1.807) is 32.0 Å². The third kappa shape index (κ3) is 24.9. The molecule has 0 radical (unpaired) electrons. The molecule has 16 N–H and O–H groups in total. The molecule has 4 amide bonds. The second-order valence-electron chi connectivity index (χ2n) is 22.3. The van der Waals surface area contributed by atoms with Gasteiger partial charge >= 0.3 is 11.9 Å². The molecule has 0 fully saturated rings. The fraction of sp³-hybridized carbons (Fsp3) is 0.143. The number of hydrogen-bond donors (Lipinski definition) is 14. The lowest BCUT2D eigenvalue weighted by molar-refractivity contribution is -0.147. The molecule has 2 unspecified atom stereocenters. The first-order valence-electron chi connectivity index (χ1n) is 30.9. The molecule has 0 bridgehead atoms. The Labute approximate surface area is 599 Å². The number of halogens is 4. The number of aliphatic hydroxyl groups is 2. The van der Waals surface area contributed by atoms with Gasteiger partial charge in [-0.05, 0) is 132 Å². The number of aromatic carboxylic acids is 1. The number of nitrogens with two attached hydrogens (primary N) is 2. The molecule has 10 aromatic rings. The molecule has 0 spiro atoms. The van der Waals surface area contributed by atoms with Crippen LogP contribution in [0.25, 0.3) is 0 Å². The average Bonchev–Trinajstić information content (AvgIpc) is 0.833. The Morgan fingerprint density at radius 3 is 1.08 bits per heavy atom. The van der Waals surface area contributed by atoms with Gasteiger partial charge in [0.15, 0.2) is 35.5 Å². The van der Waals surface area contributed by atoms with E-state index in [9.17, 15) is 71.9 Å². The first kappa shape index (κ1) is 82.6. The number of phenols is 4. The number of aromatic hydroxyl groups is 4. The zero-order chi connectivity index (χ0) is 76.2. The quantitative estimate of drug-likeness (QED) is 0.0146. The standard InChI is InChI=1S/C22H22N2O3.C22H20O4.C16H14F2N2O5.C8H6F2O3.C8H10N2O3.CH4/c1-16-12-19(26-14-17-8-4-2-5-9-17)13-20(21(16)22(25)24-23)27-15-18-10-6-3-7-11-18;1-16-12-19(25-14-17-8-4-2-5-9-17)13-20(21(16)22(23)24)26-15-18-10-6-3-7-11-18;1-7-4-9(21)6-12(22)13(7)15(24)19-20-16(25)14(23)8-2-3-10(17)11(18)5-8;9-5-2-1-4(3-6(5)10)7(11)8(12)13;1-4-2-5(11)3-6(12)7(4)8(13)10-9;/h2-13H,14-15,23H2,1H3,(H,24,25);2-13H,14-15H2,1H3,(H,23,24);2-6,14,21-23H,1H3,(H,19,24)(H,20,25);1-3,7,11H,(H,12,13);2-3,11-12H,9H2,1H3,(H,10,13);1H4. The zero-order valence-corrected chi connectivity index (χ0v) is 55.9. The largest absolute Gasteiger partial charge is 0.508 e. The number of aliphatic carboxylic acids is 1. The van der Waals surface area contributed by atoms with Crippen LogP contribution in [-0.2, 0) is 36.0 Å². The molecule has 0 aromatic heterocycles. The molecule has 0 heterocycles. The molecule has 10 aromatic carbocycles. The van der Waals surface area contributed by atoms with Gasteiger partial charge in [0.2, 0.25) is 0 Å². The number of nitrogens with one attached hydrogen (secondary N) is 4. The Morgan fingerprint density at radius 2 is 0.724 bits per heavy atom. The van der Waals surface area contributed by atoms with Crippen LogP contribution in [0.15, 0.2) is 206 Å². The van der Waals surface area contributed by atoms with Gasteiger partial charge in [0.05, 0.1) is 16.7 Å². The summed E-state index contributed by atoms with van der Waals surface area (Å²) in [5.41, 5.74) is 14.1. The normalized spacial score (nSPS) is 10.7. The summed E-state index contributed by atoms with van der Waals surface area (Å²) in [6.07, 6.45) is -3.68. The van der Waals surface area contributed by atoms with Crippen molar-refractivity contribution in [2.45, 2.75) is 73.8 Å². The number of carbonyl (C=O) groups is 6. The van der Waals surface area contributed by atoms with E-state index in [0.29, 0.717) is 78.2 Å². The van der Waals surface area contributed by atoms with Crippen LogP contribution in [-0.4, -0.2) is 76.4 Å². The summed E-state index contributed by atoms with van der Waals surface area (Å²) in [5.74, 6) is 0.912. The second-order valence-corrected chi connectivity index (χ2v) is 22.3. The van der Waals surface area contributed by atoms with Crippen molar-refractivity contribution < 1.29 is 106 Å². The minimum atomic E-state index is -1.86. The number of rotatable bonds is 20. The number of carboxylic acid groups (broad SMARTS) is 2. The maximum absolute atomic E-state index is 13.1. The van der Waals surface area contributed by atoms with Crippen LogP contribution in [0.1, 0.15) is 117 Å². The highest BCUT2D eigenvalue weighted by molar-refractivity contribution is 6.00. The van der Waals surface area contributed by atoms with E-state index in [1.165, 1.54) is 19.1 Å². The molecular formula is C77H76F4N6O18. The van der Waals surface area contributed by atoms with Crippen molar-refractivity contribution in [2.75, 3.05) is 0 Å². The number of carbonyl (C=O) groups excluding carboxylic acids is 4. The number of aryl methyl sites for hydroxylation is 4. The molecule has 0 saturated heterocycles. The van der Waals surface area contributed by atoms with E-state index in [1.807, 2.05) is 151 Å². The monoisotopic (exact) mass is 1450 g/mol. The summed E-state index contributed by atoms with van der Waals surface area (Å²) in [7, 11) is 0. The highest BCUT2D eigenvalue weighted by Crippen LogP contribution is 2.33. The van der Waals surface area contributed by atoms with Crippen molar-refractivity contribution in [1.29, 1.82) is 0 Å². The lowest BCUT2D eigenvalue weighted by Gasteiger charge is -2.16. The third-order valence-corrected chi connectivity index (χ3v) is 14.6. The number of ether oxygens (including phenoxy) is 4. The van der Waals surface area contributed by atoms with Gasteiger partial charge in [-0.25, -0.2) is 38.8 Å². The number of nitrogen functional groups attached to an aromatic ring is 2. The van der Waals surface area contributed by atoms with Gasteiger partial charge < -0.3 is 59.8 Å². The number of hydrogen-bond acceptors (Lipinski definition) is 18. The third-order valence-electron chi connectivity index (χ3n) is 14.6. The Hall–Kier alpha value is -13.0. The van der Waals surface area contributed by atoms with Crippen LogP contribution in [0.3, 0.4) is 0 Å². The molecule has 0 aliphatic rings. The van der Waals surface area contributed by atoms with Crippen LogP contribution in [0, 0.1) is 51.0 Å². The van der Waals surface area contributed by atoms with Crippen molar-refractivity contribution >= 4 is 35.6 Å². The number of phenolic OH excluding ortho intramolecular Hbond substituents is 4. The van der Waals surface area contributed by atoms with Crippen molar-refractivity contribution in [3.8, 4) is 46.0 Å². The van der Waals surface area contributed by atoms with Gasteiger partial charge in [-0.1, -0.05) is 141 Å². The Balaban J connectivity index is 0.000000242. The van der Waals surface area contributed by atoms with Crippen LogP contribution in [0.4, 0.5) is 17.6 Å². The van der Waals surface area contributed by atoms with E-state index >= 15 is 0 Å². The lowest BCUT2D eigenvalue weighted by Crippen LogP contribution is -2.44. The van der Waals surface area contributed by atoms with Gasteiger partial charge in [-0.2, -0.15) is 0 Å². The predicted molar refractivity (Wildman–Crippen MR) is 377 cm³/mol. The van der Waals surface area contributed by atoms with E-state index < -0.39 is 76.8 Å². The molecule has 10 rings (SSSR count). The first-order chi connectivity index (χ1) is 49.6. The molecular weight excluding hydrogens is 1370 g/mol. The summed E-state index contributed by atoms with van der Waals surface area (Å²) in [6.45, 7) is 8.08. The smallest absolute Gasteiger partial charge is 0.339 e. The number of hydrazine groups is 3. The minimum Gasteiger partial charge on any atom is -0.508 e. The average molecular weight is 1450 g/mol. The molecule has 105 heavy (non-hydrogen) atoms. The number of amides is 4. The van der Waals surface area contributed by atoms with Gasteiger partial charge in [-0.3, -0.25) is 40.9 Å². The fourth-order valence-electron chi connectivity index (χ4n) is 9.50. The summed E-state index contributed by atoms with van der Waals surface area (Å²) >= 11 is 0. The van der Waals surface area contributed by atoms with Crippen LogP contribution in [0.2, 0.25) is 0 Å². The van der Waals surface area contributed by atoms with E-state index in [2.05, 4.69) is 5.43 Å². The summed E-state index contributed by atoms with van der Waals surface area (Å²) in [6, 6.07) is 55.4. The van der Waals surface area contributed by atoms with Crippen LogP contribution >= 0.6 is 0 Å². The molecule has 24 nitrogen and oxygen atoms in total. The van der Waals surface area contributed by atoms with Gasteiger partial charge in [-0.15, -0.1) is 0 Å². The fourth-order valence-corrected chi connectivity index (χ4v) is 9.50. The van der Waals surface area contributed by atoms with Gasteiger partial charge in [0.1, 0.15) is 78.0 Å². The second kappa shape index (κ2) is 40.4. The first-order valence-corrected chi connectivity index (χ1v) is 30.9. The molecule has 0 saturated carbocycles. The van der Waals surface area contributed by atoms with Crippen molar-refractivity contribution in [3.63, 3.8) is 0 Å². The maximum Gasteiger partial charge on any atom is 0.339 e. The highest BCUT2D eigenvalue weighted by atomic mass is 19.2.